The smallest absolute Gasteiger partial charge is 0.250 e. The summed E-state index contributed by atoms with van der Waals surface area (Å²) in [5, 5.41) is 5.62. The van der Waals surface area contributed by atoms with E-state index in [9.17, 15) is 4.79 Å². The number of pyridine rings is 2. The van der Waals surface area contributed by atoms with Gasteiger partial charge >= 0.3 is 0 Å². The zero-order valence-corrected chi connectivity index (χ0v) is 24.0. The van der Waals surface area contributed by atoms with Crippen LogP contribution >= 0.6 is 11.6 Å². The number of anilines is 1. The number of halogens is 1. The van der Waals surface area contributed by atoms with Gasteiger partial charge in [0.1, 0.15) is 11.4 Å². The lowest BCUT2D eigenvalue weighted by molar-refractivity contribution is 0.111. The molecule has 0 amide bonds. The van der Waals surface area contributed by atoms with E-state index in [0.717, 1.165) is 66.6 Å². The molecule has 5 nitrogen and oxygen atoms in total. The van der Waals surface area contributed by atoms with Crippen LogP contribution in [-0.4, -0.2) is 31.1 Å². The number of rotatable bonds is 9. The van der Waals surface area contributed by atoms with Crippen LogP contribution in [0.1, 0.15) is 73.9 Å². The molecule has 0 saturated heterocycles. The van der Waals surface area contributed by atoms with Crippen LogP contribution in [0.4, 0.5) is 5.69 Å². The van der Waals surface area contributed by atoms with Gasteiger partial charge in [0.15, 0.2) is 6.29 Å². The van der Waals surface area contributed by atoms with Crippen LogP contribution in [-0.2, 0) is 19.3 Å². The number of fused-ring (bicyclic) bond motifs is 2. The molecule has 7 heteroatoms. The first-order valence-corrected chi connectivity index (χ1v) is 16.4. The molecule has 192 valence electrons. The molecule has 1 aliphatic rings. The van der Waals surface area contributed by atoms with Crippen molar-refractivity contribution in [3.63, 3.8) is 0 Å². The minimum atomic E-state index is -2.03. The molecule has 0 aliphatic heterocycles. The Morgan fingerprint density at radius 1 is 1.08 bits per heavy atom. The van der Waals surface area contributed by atoms with Crippen LogP contribution in [0.15, 0.2) is 30.3 Å². The summed E-state index contributed by atoms with van der Waals surface area (Å²) in [6.45, 7) is 11.8. The van der Waals surface area contributed by atoms with Crippen molar-refractivity contribution in [2.45, 2.75) is 83.8 Å². The van der Waals surface area contributed by atoms with Crippen molar-refractivity contribution in [3.05, 3.63) is 58.0 Å². The minimum Gasteiger partial charge on any atom is -0.542 e. The lowest BCUT2D eigenvalue weighted by Gasteiger charge is -2.36. The molecule has 1 aliphatic carbocycles. The molecule has 3 aromatic rings. The maximum Gasteiger partial charge on any atom is 0.250 e. The van der Waals surface area contributed by atoms with E-state index in [2.05, 4.69) is 44.2 Å². The lowest BCUT2D eigenvalue weighted by atomic mass is 9.92. The average Bonchev–Trinajstić information content (AvgIpc) is 2.83. The van der Waals surface area contributed by atoms with Gasteiger partial charge in [-0.05, 0) is 99.0 Å². The zero-order chi connectivity index (χ0) is 25.9. The first kappa shape index (κ1) is 26.6. The van der Waals surface area contributed by atoms with Gasteiger partial charge < -0.3 is 9.74 Å². The summed E-state index contributed by atoms with van der Waals surface area (Å²) in [6.07, 6.45) is 8.13. The fraction of sp³-hybridized carbons (Fsp3) is 0.483. The first-order chi connectivity index (χ1) is 17.1. The van der Waals surface area contributed by atoms with Gasteiger partial charge in [-0.15, -0.1) is 0 Å². The third-order valence-electron chi connectivity index (χ3n) is 7.61. The second-order valence-corrected chi connectivity index (χ2v) is 16.5. The van der Waals surface area contributed by atoms with Crippen molar-refractivity contribution in [2.24, 2.45) is 0 Å². The summed E-state index contributed by atoms with van der Waals surface area (Å²) in [4.78, 5) is 21.3. The molecule has 4 rings (SSSR count). The molecule has 0 radical (unpaired) electrons. The van der Waals surface area contributed by atoms with E-state index >= 15 is 0 Å². The summed E-state index contributed by atoms with van der Waals surface area (Å²) in [7, 11) is -2.03. The number of aldehydes is 1. The average molecular weight is 524 g/mol. The first-order valence-electron chi connectivity index (χ1n) is 13.1. The molecule has 0 saturated carbocycles. The van der Waals surface area contributed by atoms with Crippen LogP contribution in [0.25, 0.3) is 10.9 Å². The molecule has 1 aromatic carbocycles. The van der Waals surface area contributed by atoms with Crippen LogP contribution in [0.3, 0.4) is 0 Å². The van der Waals surface area contributed by atoms with Crippen molar-refractivity contribution in [1.82, 2.24) is 9.97 Å². The third-order valence-corrected chi connectivity index (χ3v) is 12.2. The van der Waals surface area contributed by atoms with Crippen molar-refractivity contribution < 1.29 is 9.22 Å². The highest BCUT2D eigenvalue weighted by Gasteiger charge is 2.39. The number of carbonyl (C=O) groups is 1. The molecule has 36 heavy (non-hydrogen) atoms. The van der Waals surface area contributed by atoms with Gasteiger partial charge in [-0.25, -0.2) is 4.98 Å². The van der Waals surface area contributed by atoms with E-state index in [-0.39, 0.29) is 5.04 Å². The Balaban J connectivity index is 1.39. The van der Waals surface area contributed by atoms with Crippen LogP contribution in [0.2, 0.25) is 23.2 Å². The molecule has 0 fully saturated rings. The molecule has 0 spiro atoms. The predicted molar refractivity (Wildman–Crippen MR) is 152 cm³/mol. The Bertz CT molecular complexity index is 1250. The van der Waals surface area contributed by atoms with E-state index in [0.29, 0.717) is 11.4 Å². The van der Waals surface area contributed by atoms with E-state index in [1.165, 1.54) is 29.8 Å². The number of nitrogens with zero attached hydrogens (tertiary/aromatic N) is 2. The number of hydrogen-bond donors (Lipinski definition) is 1. The number of unbranched alkanes of at least 4 members (excludes halogenated alkanes) is 1. The van der Waals surface area contributed by atoms with Gasteiger partial charge in [-0.2, -0.15) is 0 Å². The van der Waals surface area contributed by atoms with Gasteiger partial charge in [-0.1, -0.05) is 32.4 Å². The predicted octanol–water partition coefficient (Wildman–Crippen LogP) is 7.79. The lowest BCUT2D eigenvalue weighted by Crippen LogP contribution is -2.44. The van der Waals surface area contributed by atoms with E-state index in [1.54, 1.807) is 0 Å². The van der Waals surface area contributed by atoms with Crippen molar-refractivity contribution in [3.8, 4) is 5.75 Å². The number of aromatic nitrogens is 2. The summed E-state index contributed by atoms with van der Waals surface area (Å²) in [5.74, 6) is 0.606. The third kappa shape index (κ3) is 5.92. The number of carbonyl (C=O) groups excluding carboxylic acids is 1. The normalized spacial score (nSPS) is 13.9. The summed E-state index contributed by atoms with van der Waals surface area (Å²) in [6, 6.07) is 9.88. The van der Waals surface area contributed by atoms with E-state index in [4.69, 9.17) is 21.0 Å². The fourth-order valence-electron chi connectivity index (χ4n) is 4.48. The SMILES string of the molecule is CC(C)(C)[Si](C)(C)Oc1ccc(CCCCNc2c3c(nc4ccc(Cl)cc24)CCCC3)nc1C=O. The molecule has 2 aromatic heterocycles. The number of hydrogen-bond acceptors (Lipinski definition) is 5. The fourth-order valence-corrected chi connectivity index (χ4v) is 5.69. The number of aryl methyl sites for hydroxylation is 2. The van der Waals surface area contributed by atoms with Gasteiger partial charge in [0.2, 0.25) is 0 Å². The maximum atomic E-state index is 11.7. The van der Waals surface area contributed by atoms with Gasteiger partial charge in [-0.3, -0.25) is 9.78 Å². The monoisotopic (exact) mass is 523 g/mol. The molecular formula is C29H38ClN3O2Si. The Labute approximate surface area is 221 Å². The van der Waals surface area contributed by atoms with Gasteiger partial charge in [0.05, 0.1) is 5.52 Å². The molecule has 0 atom stereocenters. The number of nitrogens with one attached hydrogen (secondary N) is 1. The van der Waals surface area contributed by atoms with Crippen LogP contribution in [0.5, 0.6) is 5.75 Å². The zero-order valence-electron chi connectivity index (χ0n) is 22.2. The summed E-state index contributed by atoms with van der Waals surface area (Å²) < 4.78 is 6.34. The highest BCUT2D eigenvalue weighted by molar-refractivity contribution is 6.74. The van der Waals surface area contributed by atoms with Crippen molar-refractivity contribution in [1.29, 1.82) is 0 Å². The highest BCUT2D eigenvalue weighted by Crippen LogP contribution is 2.38. The molecule has 1 N–H and O–H groups in total. The van der Waals surface area contributed by atoms with E-state index in [1.807, 2.05) is 30.3 Å². The standard InChI is InChI=1S/C29H38ClN3O2Si/c1-29(2,3)36(4,5)35-27-16-14-21(32-26(27)19-34)10-8-9-17-31-28-22-11-6-7-12-24(22)33-25-15-13-20(30)18-23(25)28/h13-16,18-19H,6-12,17H2,1-5H3,(H,31,33). The Hall–Kier alpha value is -2.44. The summed E-state index contributed by atoms with van der Waals surface area (Å²) in [5.41, 5.74) is 6.12. The second kappa shape index (κ2) is 10.9. The molecule has 0 bridgehead atoms. The molecule has 2 heterocycles. The van der Waals surface area contributed by atoms with Crippen LogP contribution in [0, 0.1) is 0 Å². The van der Waals surface area contributed by atoms with Gasteiger partial charge in [0.25, 0.3) is 8.32 Å². The summed E-state index contributed by atoms with van der Waals surface area (Å²) >= 11 is 6.32. The van der Waals surface area contributed by atoms with Crippen LogP contribution < -0.4 is 9.74 Å². The Morgan fingerprint density at radius 3 is 2.61 bits per heavy atom. The molecular weight excluding hydrogens is 486 g/mol. The quantitative estimate of drug-likeness (QED) is 0.176. The largest absolute Gasteiger partial charge is 0.542 e. The minimum absolute atomic E-state index is 0.0591. The maximum absolute atomic E-state index is 11.7. The molecule has 0 unspecified atom stereocenters. The topological polar surface area (TPSA) is 64.1 Å². The Morgan fingerprint density at radius 2 is 1.86 bits per heavy atom. The Kier molecular flexibility index (Phi) is 8.05. The number of benzene rings is 1. The second-order valence-electron chi connectivity index (χ2n) is 11.3. The van der Waals surface area contributed by atoms with Crippen molar-refractivity contribution in [2.75, 3.05) is 11.9 Å². The van der Waals surface area contributed by atoms with Gasteiger partial charge in [0, 0.05) is 34.0 Å². The highest BCUT2D eigenvalue weighted by atomic mass is 35.5. The van der Waals surface area contributed by atoms with Crippen molar-refractivity contribution >= 4 is 42.8 Å². The van der Waals surface area contributed by atoms with E-state index < -0.39 is 8.32 Å².